The number of hydrogen-bond donors (Lipinski definition) is 0. The van der Waals surface area contributed by atoms with Crippen LogP contribution < -0.4 is 14.2 Å². The lowest BCUT2D eigenvalue weighted by Gasteiger charge is -2.22. The first-order valence-electron chi connectivity index (χ1n) is 9.10. The summed E-state index contributed by atoms with van der Waals surface area (Å²) in [6.45, 7) is 0.533. The second kappa shape index (κ2) is 8.20. The van der Waals surface area contributed by atoms with Crippen LogP contribution in [0.15, 0.2) is 47.4 Å². The maximum atomic E-state index is 13.1. The molecule has 0 saturated carbocycles. The normalized spacial score (nSPS) is 20.0. The third kappa shape index (κ3) is 4.47. The van der Waals surface area contributed by atoms with Crippen molar-refractivity contribution in [3.63, 3.8) is 0 Å². The van der Waals surface area contributed by atoms with E-state index in [4.69, 9.17) is 9.47 Å². The van der Waals surface area contributed by atoms with Crippen molar-refractivity contribution in [3.8, 4) is 17.2 Å². The van der Waals surface area contributed by atoms with E-state index >= 15 is 0 Å². The van der Waals surface area contributed by atoms with E-state index in [2.05, 4.69) is 4.74 Å². The van der Waals surface area contributed by atoms with Gasteiger partial charge in [0.2, 0.25) is 16.8 Å². The van der Waals surface area contributed by atoms with Crippen LogP contribution in [0.2, 0.25) is 0 Å². The lowest BCUT2D eigenvalue weighted by atomic mass is 10.1. The third-order valence-electron chi connectivity index (χ3n) is 4.76. The van der Waals surface area contributed by atoms with Crippen LogP contribution in [0.3, 0.4) is 0 Å². The van der Waals surface area contributed by atoms with E-state index in [1.54, 1.807) is 11.8 Å². The molecule has 4 rings (SSSR count). The van der Waals surface area contributed by atoms with E-state index in [1.807, 2.05) is 18.2 Å². The van der Waals surface area contributed by atoms with Gasteiger partial charge in [-0.05, 0) is 36.2 Å². The van der Waals surface area contributed by atoms with Crippen LogP contribution in [0, 0.1) is 0 Å². The minimum atomic E-state index is -4.98. The van der Waals surface area contributed by atoms with Crippen LogP contribution in [0.5, 0.6) is 17.2 Å². The van der Waals surface area contributed by atoms with Crippen molar-refractivity contribution < 1.29 is 35.8 Å². The summed E-state index contributed by atoms with van der Waals surface area (Å²) < 4.78 is 80.1. The Balaban J connectivity index is 1.53. The number of fused-ring (bicyclic) bond motifs is 1. The van der Waals surface area contributed by atoms with E-state index in [-0.39, 0.29) is 25.1 Å². The first-order valence-corrected chi connectivity index (χ1v) is 11.6. The van der Waals surface area contributed by atoms with Gasteiger partial charge in [0.25, 0.3) is 0 Å². The molecule has 2 aromatic carbocycles. The van der Waals surface area contributed by atoms with Crippen molar-refractivity contribution in [1.82, 2.24) is 4.31 Å². The highest BCUT2D eigenvalue weighted by molar-refractivity contribution is 7.99. The van der Waals surface area contributed by atoms with Gasteiger partial charge in [-0.1, -0.05) is 18.2 Å². The number of benzene rings is 2. The summed E-state index contributed by atoms with van der Waals surface area (Å²) in [6, 6.07) is 10.4. The Kier molecular flexibility index (Phi) is 5.78. The molecule has 0 N–H and O–H groups in total. The lowest BCUT2D eigenvalue weighted by molar-refractivity contribution is -0.275. The summed E-state index contributed by atoms with van der Waals surface area (Å²) in [5, 5.41) is 0.0290. The number of ether oxygens (including phenoxy) is 3. The summed E-state index contributed by atoms with van der Waals surface area (Å²) in [5.41, 5.74) is 0.990. The number of sulfonamides is 1. The van der Waals surface area contributed by atoms with Gasteiger partial charge in [0.1, 0.15) is 10.6 Å². The minimum absolute atomic E-state index is 0.0290. The van der Waals surface area contributed by atoms with Crippen molar-refractivity contribution in [2.45, 2.75) is 22.9 Å². The second-order valence-corrected chi connectivity index (χ2v) is 9.88. The Bertz CT molecular complexity index is 1030. The first-order chi connectivity index (χ1) is 14.2. The summed E-state index contributed by atoms with van der Waals surface area (Å²) >= 11 is 1.60. The summed E-state index contributed by atoms with van der Waals surface area (Å²) in [6.07, 6.45) is -4.48. The molecule has 0 bridgehead atoms. The van der Waals surface area contributed by atoms with Gasteiger partial charge >= 0.3 is 6.36 Å². The highest BCUT2D eigenvalue weighted by Crippen LogP contribution is 2.41. The number of rotatable bonds is 4. The number of para-hydroxylation sites is 1. The highest BCUT2D eigenvalue weighted by Gasteiger charge is 2.36. The van der Waals surface area contributed by atoms with Gasteiger partial charge in [-0.3, -0.25) is 0 Å². The molecule has 30 heavy (non-hydrogen) atoms. The van der Waals surface area contributed by atoms with Crippen LogP contribution in [0.1, 0.15) is 17.2 Å². The van der Waals surface area contributed by atoms with E-state index in [0.29, 0.717) is 23.7 Å². The average Bonchev–Trinajstić information content (AvgIpc) is 3.01. The molecule has 0 aliphatic carbocycles. The average molecular weight is 461 g/mol. The fourth-order valence-electron chi connectivity index (χ4n) is 3.38. The van der Waals surface area contributed by atoms with Gasteiger partial charge < -0.3 is 14.2 Å². The summed E-state index contributed by atoms with van der Waals surface area (Å²) in [7, 11) is -4.15. The molecule has 1 saturated heterocycles. The van der Waals surface area contributed by atoms with Gasteiger partial charge in [0, 0.05) is 24.1 Å². The molecule has 2 aromatic rings. The number of nitrogens with zero attached hydrogens (tertiary/aromatic N) is 1. The van der Waals surface area contributed by atoms with Crippen molar-refractivity contribution in [1.29, 1.82) is 0 Å². The monoisotopic (exact) mass is 461 g/mol. The SMILES string of the molecule is O=S(=O)(c1ccccc1OC(F)(F)F)N1CCSC(c2ccc3c(c2)OCO3)CC1. The molecule has 162 valence electrons. The zero-order valence-electron chi connectivity index (χ0n) is 15.6. The molecule has 2 aliphatic rings. The Morgan fingerprint density at radius 3 is 2.63 bits per heavy atom. The van der Waals surface area contributed by atoms with E-state index in [9.17, 15) is 21.6 Å². The molecular formula is C19H18F3NO5S2. The molecule has 0 aromatic heterocycles. The number of thioether (sulfide) groups is 1. The number of alkyl halides is 3. The largest absolute Gasteiger partial charge is 0.573 e. The van der Waals surface area contributed by atoms with Gasteiger partial charge in [-0.15, -0.1) is 13.2 Å². The molecule has 2 heterocycles. The number of hydrogen-bond acceptors (Lipinski definition) is 6. The fourth-order valence-corrected chi connectivity index (χ4v) is 6.29. The van der Waals surface area contributed by atoms with Crippen LogP contribution in [0.25, 0.3) is 0 Å². The Hall–Kier alpha value is -2.11. The zero-order chi connectivity index (χ0) is 21.4. The molecule has 1 atom stereocenters. The van der Waals surface area contributed by atoms with Gasteiger partial charge in [-0.2, -0.15) is 16.1 Å². The quantitative estimate of drug-likeness (QED) is 0.681. The maximum Gasteiger partial charge on any atom is 0.573 e. The predicted molar refractivity (Wildman–Crippen MR) is 104 cm³/mol. The van der Waals surface area contributed by atoms with E-state index < -0.39 is 27.0 Å². The van der Waals surface area contributed by atoms with Crippen molar-refractivity contribution in [2.75, 3.05) is 25.6 Å². The molecule has 1 fully saturated rings. The third-order valence-corrected chi connectivity index (χ3v) is 8.03. The van der Waals surface area contributed by atoms with Crippen molar-refractivity contribution >= 4 is 21.8 Å². The van der Waals surface area contributed by atoms with Crippen LogP contribution in [0.4, 0.5) is 13.2 Å². The van der Waals surface area contributed by atoms with E-state index in [0.717, 1.165) is 17.7 Å². The topological polar surface area (TPSA) is 65.1 Å². The smallest absolute Gasteiger partial charge is 0.454 e. The molecule has 0 radical (unpaired) electrons. The maximum absolute atomic E-state index is 13.1. The molecule has 1 unspecified atom stereocenters. The van der Waals surface area contributed by atoms with E-state index in [1.165, 1.54) is 16.4 Å². The van der Waals surface area contributed by atoms with Gasteiger partial charge in [0.15, 0.2) is 11.5 Å². The summed E-state index contributed by atoms with van der Waals surface area (Å²) in [4.78, 5) is -0.492. The van der Waals surface area contributed by atoms with Crippen LogP contribution >= 0.6 is 11.8 Å². The Morgan fingerprint density at radius 1 is 1.07 bits per heavy atom. The molecule has 0 spiro atoms. The molecule has 11 heteroatoms. The Labute approximate surface area is 176 Å². The standard InChI is InChI=1S/C19H18F3NO5S2/c20-19(21,22)28-15-3-1-2-4-18(15)30(24,25)23-8-7-17(29-10-9-23)13-5-6-14-16(11-13)27-12-26-14/h1-6,11,17H,7-10,12H2. The van der Waals surface area contributed by atoms with Crippen LogP contribution in [-0.4, -0.2) is 44.7 Å². The molecule has 0 amide bonds. The molecule has 2 aliphatic heterocycles. The fraction of sp³-hybridized carbons (Fsp3) is 0.368. The minimum Gasteiger partial charge on any atom is -0.454 e. The lowest BCUT2D eigenvalue weighted by Crippen LogP contribution is -2.33. The zero-order valence-corrected chi connectivity index (χ0v) is 17.2. The highest BCUT2D eigenvalue weighted by atomic mass is 32.2. The predicted octanol–water partition coefficient (Wildman–Crippen LogP) is 4.18. The van der Waals surface area contributed by atoms with Crippen molar-refractivity contribution in [3.05, 3.63) is 48.0 Å². The first kappa shape index (κ1) is 21.1. The van der Waals surface area contributed by atoms with Gasteiger partial charge in [0.05, 0.1) is 0 Å². The number of halogens is 3. The van der Waals surface area contributed by atoms with Gasteiger partial charge in [-0.25, -0.2) is 8.42 Å². The Morgan fingerprint density at radius 2 is 1.83 bits per heavy atom. The summed E-state index contributed by atoms with van der Waals surface area (Å²) in [5.74, 6) is 1.10. The molecule has 6 nitrogen and oxygen atoms in total. The van der Waals surface area contributed by atoms with Crippen LogP contribution in [-0.2, 0) is 10.0 Å². The second-order valence-electron chi connectivity index (χ2n) is 6.66. The molecular weight excluding hydrogens is 443 g/mol. The van der Waals surface area contributed by atoms with Crippen molar-refractivity contribution in [2.24, 2.45) is 0 Å².